The molecule has 1 saturated heterocycles. The van der Waals surface area contributed by atoms with Gasteiger partial charge in [-0.05, 0) is 36.6 Å². The molecule has 0 radical (unpaired) electrons. The topological polar surface area (TPSA) is 95.6 Å². The van der Waals surface area contributed by atoms with Gasteiger partial charge in [0.05, 0.1) is 11.3 Å². The maximum absolute atomic E-state index is 12.7. The Bertz CT molecular complexity index is 752. The Labute approximate surface area is 135 Å². The van der Waals surface area contributed by atoms with E-state index in [1.165, 1.54) is 10.4 Å². The monoisotopic (exact) mass is 337 g/mol. The number of nitrogens with zero attached hydrogens (tertiary/aromatic N) is 1. The van der Waals surface area contributed by atoms with E-state index in [0.29, 0.717) is 37.2 Å². The Morgan fingerprint density at radius 1 is 1.30 bits per heavy atom. The van der Waals surface area contributed by atoms with E-state index in [-0.39, 0.29) is 29.0 Å². The van der Waals surface area contributed by atoms with Crippen LogP contribution in [0.1, 0.15) is 18.4 Å². The number of carbonyl (C=O) groups is 2. The molecular formula is C15H19N3O4S. The lowest BCUT2D eigenvalue weighted by atomic mass is 9.97. The summed E-state index contributed by atoms with van der Waals surface area (Å²) < 4.78 is 26.9. The molecule has 3 rings (SSSR count). The van der Waals surface area contributed by atoms with Crippen LogP contribution in [0.4, 0.5) is 5.69 Å². The van der Waals surface area contributed by atoms with Gasteiger partial charge < -0.3 is 10.6 Å². The summed E-state index contributed by atoms with van der Waals surface area (Å²) in [5.74, 6) is -0.293. The van der Waals surface area contributed by atoms with Crippen molar-refractivity contribution in [2.24, 2.45) is 5.92 Å². The van der Waals surface area contributed by atoms with Crippen LogP contribution in [0.5, 0.6) is 0 Å². The zero-order chi connectivity index (χ0) is 16.6. The van der Waals surface area contributed by atoms with Crippen molar-refractivity contribution in [2.75, 3.05) is 25.5 Å². The van der Waals surface area contributed by atoms with Gasteiger partial charge in [0.1, 0.15) is 0 Å². The van der Waals surface area contributed by atoms with Gasteiger partial charge in [0.2, 0.25) is 21.8 Å². The number of benzene rings is 1. The van der Waals surface area contributed by atoms with Crippen molar-refractivity contribution in [2.45, 2.75) is 24.2 Å². The smallest absolute Gasteiger partial charge is 0.243 e. The second-order valence-corrected chi connectivity index (χ2v) is 7.77. The Morgan fingerprint density at radius 3 is 2.65 bits per heavy atom. The maximum atomic E-state index is 12.7. The second kappa shape index (κ2) is 5.93. The molecular weight excluding hydrogens is 318 g/mol. The number of hydrogen-bond donors (Lipinski definition) is 2. The van der Waals surface area contributed by atoms with Crippen molar-refractivity contribution in [1.29, 1.82) is 0 Å². The van der Waals surface area contributed by atoms with Crippen LogP contribution < -0.4 is 10.6 Å². The fourth-order valence-electron chi connectivity index (χ4n) is 3.08. The van der Waals surface area contributed by atoms with Gasteiger partial charge in [0.25, 0.3) is 0 Å². The highest BCUT2D eigenvalue weighted by Gasteiger charge is 2.32. The molecule has 124 valence electrons. The Morgan fingerprint density at radius 2 is 2.00 bits per heavy atom. The minimum absolute atomic E-state index is 0.0378. The van der Waals surface area contributed by atoms with Gasteiger partial charge in [-0.2, -0.15) is 4.31 Å². The molecule has 1 aromatic rings. The lowest BCUT2D eigenvalue weighted by molar-refractivity contribution is -0.125. The lowest BCUT2D eigenvalue weighted by Gasteiger charge is -2.30. The highest BCUT2D eigenvalue weighted by atomic mass is 32.2. The molecule has 23 heavy (non-hydrogen) atoms. The van der Waals surface area contributed by atoms with Crippen molar-refractivity contribution in [1.82, 2.24) is 9.62 Å². The second-order valence-electron chi connectivity index (χ2n) is 5.84. The average molecular weight is 337 g/mol. The van der Waals surface area contributed by atoms with Gasteiger partial charge in [-0.15, -0.1) is 0 Å². The average Bonchev–Trinajstić information content (AvgIpc) is 2.93. The third kappa shape index (κ3) is 2.96. The van der Waals surface area contributed by atoms with Crippen molar-refractivity contribution in [3.8, 4) is 0 Å². The molecule has 2 N–H and O–H groups in total. The molecule has 8 heteroatoms. The van der Waals surface area contributed by atoms with Gasteiger partial charge in [-0.25, -0.2) is 8.42 Å². The molecule has 0 spiro atoms. The van der Waals surface area contributed by atoms with E-state index in [2.05, 4.69) is 10.6 Å². The predicted octanol–water partition coefficient (Wildman–Crippen LogP) is 0.328. The Balaban J connectivity index is 1.77. The van der Waals surface area contributed by atoms with Gasteiger partial charge in [0.15, 0.2) is 0 Å². The molecule has 7 nitrogen and oxygen atoms in total. The number of hydrogen-bond acceptors (Lipinski definition) is 4. The van der Waals surface area contributed by atoms with Crippen LogP contribution >= 0.6 is 0 Å². The van der Waals surface area contributed by atoms with E-state index in [0.717, 1.165) is 0 Å². The third-order valence-electron chi connectivity index (χ3n) is 4.41. The van der Waals surface area contributed by atoms with Crippen LogP contribution in [-0.2, 0) is 26.0 Å². The number of amides is 2. The number of nitrogens with one attached hydrogen (secondary N) is 2. The first kappa shape index (κ1) is 15.9. The van der Waals surface area contributed by atoms with E-state index in [4.69, 9.17) is 0 Å². The van der Waals surface area contributed by atoms with E-state index in [1.54, 1.807) is 19.2 Å². The molecule has 1 aromatic carbocycles. The van der Waals surface area contributed by atoms with Crippen LogP contribution in [-0.4, -0.2) is 44.7 Å². The first-order chi connectivity index (χ1) is 10.9. The highest BCUT2D eigenvalue weighted by molar-refractivity contribution is 7.89. The molecule has 0 unspecified atom stereocenters. The highest BCUT2D eigenvalue weighted by Crippen LogP contribution is 2.29. The minimum atomic E-state index is -3.59. The summed E-state index contributed by atoms with van der Waals surface area (Å²) >= 11 is 0. The van der Waals surface area contributed by atoms with Crippen LogP contribution in [0.2, 0.25) is 0 Å². The third-order valence-corrected chi connectivity index (χ3v) is 6.31. The molecule has 1 fully saturated rings. The predicted molar refractivity (Wildman–Crippen MR) is 84.3 cm³/mol. The number of piperidine rings is 1. The number of rotatable bonds is 3. The Hall–Kier alpha value is -1.93. The molecule has 2 amide bonds. The van der Waals surface area contributed by atoms with E-state index >= 15 is 0 Å². The molecule has 0 bridgehead atoms. The zero-order valence-corrected chi connectivity index (χ0v) is 13.6. The standard InChI is InChI=1S/C15H19N3O4S/c1-16-15(20)10-4-6-18(7-5-10)23(21,22)12-2-3-13-11(8-12)9-14(19)17-13/h2-3,8,10H,4-7,9H2,1H3,(H,16,20)(H,17,19). The summed E-state index contributed by atoms with van der Waals surface area (Å²) in [4.78, 5) is 23.2. The lowest BCUT2D eigenvalue weighted by Crippen LogP contribution is -2.42. The van der Waals surface area contributed by atoms with Crippen LogP contribution in [0.25, 0.3) is 0 Å². The molecule has 0 aliphatic carbocycles. The minimum Gasteiger partial charge on any atom is -0.359 e. The quantitative estimate of drug-likeness (QED) is 0.831. The van der Waals surface area contributed by atoms with E-state index in [1.807, 2.05) is 0 Å². The number of anilines is 1. The summed E-state index contributed by atoms with van der Waals surface area (Å²) in [6, 6.07) is 4.71. The van der Waals surface area contributed by atoms with E-state index in [9.17, 15) is 18.0 Å². The van der Waals surface area contributed by atoms with Crippen molar-refractivity contribution in [3.05, 3.63) is 23.8 Å². The fourth-order valence-corrected chi connectivity index (χ4v) is 4.60. The normalized spacial score (nSPS) is 19.3. The van der Waals surface area contributed by atoms with Crippen LogP contribution in [0, 0.1) is 5.92 Å². The number of carbonyl (C=O) groups excluding carboxylic acids is 2. The molecule has 0 aromatic heterocycles. The largest absolute Gasteiger partial charge is 0.359 e. The van der Waals surface area contributed by atoms with Gasteiger partial charge in [-0.3, -0.25) is 9.59 Å². The maximum Gasteiger partial charge on any atom is 0.243 e. The molecule has 2 aliphatic rings. The van der Waals surface area contributed by atoms with Gasteiger partial charge in [-0.1, -0.05) is 0 Å². The van der Waals surface area contributed by atoms with Crippen LogP contribution in [0.3, 0.4) is 0 Å². The van der Waals surface area contributed by atoms with Crippen molar-refractivity contribution < 1.29 is 18.0 Å². The fraction of sp³-hybridized carbons (Fsp3) is 0.467. The van der Waals surface area contributed by atoms with Gasteiger partial charge in [0, 0.05) is 31.7 Å². The molecule has 2 aliphatic heterocycles. The van der Waals surface area contributed by atoms with Gasteiger partial charge >= 0.3 is 0 Å². The number of sulfonamides is 1. The van der Waals surface area contributed by atoms with Crippen molar-refractivity contribution in [3.63, 3.8) is 0 Å². The molecule has 0 saturated carbocycles. The Kier molecular flexibility index (Phi) is 4.11. The van der Waals surface area contributed by atoms with Crippen molar-refractivity contribution >= 4 is 27.5 Å². The summed E-state index contributed by atoms with van der Waals surface area (Å²) in [7, 11) is -2.01. The first-order valence-electron chi connectivity index (χ1n) is 7.56. The molecule has 2 heterocycles. The summed E-state index contributed by atoms with van der Waals surface area (Å²) in [5, 5.41) is 5.30. The number of fused-ring (bicyclic) bond motifs is 1. The van der Waals surface area contributed by atoms with Crippen LogP contribution in [0.15, 0.2) is 23.1 Å². The molecule has 0 atom stereocenters. The first-order valence-corrected chi connectivity index (χ1v) is 9.00. The summed E-state index contributed by atoms with van der Waals surface area (Å²) in [6.45, 7) is 0.656. The zero-order valence-electron chi connectivity index (χ0n) is 12.8. The summed E-state index contributed by atoms with van der Waals surface area (Å²) in [6.07, 6.45) is 1.24. The summed E-state index contributed by atoms with van der Waals surface area (Å²) in [5.41, 5.74) is 1.38. The van der Waals surface area contributed by atoms with E-state index < -0.39 is 10.0 Å². The SMILES string of the molecule is CNC(=O)C1CCN(S(=O)(=O)c2ccc3c(c2)CC(=O)N3)CC1.